The Morgan fingerprint density at radius 1 is 1.00 bits per heavy atom. The van der Waals surface area contributed by atoms with Crippen molar-refractivity contribution < 1.29 is 31.9 Å². The fraction of sp³-hybridized carbons (Fsp3) is 0.522. The van der Waals surface area contributed by atoms with Gasteiger partial charge in [0.15, 0.2) is 0 Å². The Morgan fingerprint density at radius 2 is 1.64 bits per heavy atom. The van der Waals surface area contributed by atoms with Gasteiger partial charge >= 0.3 is 6.18 Å². The summed E-state index contributed by atoms with van der Waals surface area (Å²) in [6.45, 7) is 3.60. The van der Waals surface area contributed by atoms with Crippen molar-refractivity contribution in [1.29, 1.82) is 0 Å². The first-order chi connectivity index (χ1) is 15.3. The van der Waals surface area contributed by atoms with Gasteiger partial charge in [-0.3, -0.25) is 9.69 Å². The Balaban J connectivity index is 1.59. The summed E-state index contributed by atoms with van der Waals surface area (Å²) >= 11 is 0. The normalized spacial score (nSPS) is 19.1. The largest absolute Gasteiger partial charge is 0.431 e. The van der Waals surface area contributed by atoms with Gasteiger partial charge in [0.25, 0.3) is 5.91 Å². The Hall–Kier alpha value is -2.46. The molecule has 0 atom stereocenters. The molecule has 33 heavy (non-hydrogen) atoms. The second-order valence-electron chi connectivity index (χ2n) is 9.37. The molecule has 1 saturated heterocycles. The highest BCUT2D eigenvalue weighted by molar-refractivity contribution is 5.94. The van der Waals surface area contributed by atoms with Gasteiger partial charge in [0.05, 0.1) is 16.8 Å². The molecule has 0 radical (unpaired) electrons. The molecule has 2 aromatic rings. The zero-order chi connectivity index (χ0) is 24.3. The molecular weight excluding hydrogens is 445 g/mol. The van der Waals surface area contributed by atoms with E-state index in [1.165, 1.54) is 30.9 Å². The number of aromatic nitrogens is 1. The van der Waals surface area contributed by atoms with E-state index in [0.29, 0.717) is 12.6 Å². The number of alkyl halides is 3. The Labute approximate surface area is 188 Å². The molecule has 2 aliphatic rings. The standard InChI is InChI=1S/C23H26F5N3O2/c1-21(2,33)15-5-4-14(12-16(15)24)20(32)30-8-6-22(7-9-30)19-17(25)13-18(23(26,27)28)31(19)11-10-29(22)3/h4-5,12-13,33H,6-11H2,1-3H3. The number of hydrogen-bond donors (Lipinski definition) is 1. The average molecular weight is 471 g/mol. The van der Waals surface area contributed by atoms with Crippen LogP contribution in [-0.4, -0.2) is 52.1 Å². The van der Waals surface area contributed by atoms with Gasteiger partial charge in [0.2, 0.25) is 0 Å². The van der Waals surface area contributed by atoms with Crippen LogP contribution in [0.4, 0.5) is 22.0 Å². The highest BCUT2D eigenvalue weighted by Crippen LogP contribution is 2.45. The van der Waals surface area contributed by atoms with E-state index < -0.39 is 40.6 Å². The molecule has 180 valence electrons. The van der Waals surface area contributed by atoms with E-state index in [1.54, 1.807) is 7.05 Å². The molecule has 1 amide bonds. The SMILES string of the molecule is CN1CCn2c(C(F)(F)F)cc(F)c2C12CCN(C(=O)c1ccc(C(C)(C)O)c(F)c1)CC2. The molecule has 2 aliphatic heterocycles. The van der Waals surface area contributed by atoms with Crippen molar-refractivity contribution in [3.05, 3.63) is 58.4 Å². The quantitative estimate of drug-likeness (QED) is 0.672. The molecule has 1 N–H and O–H groups in total. The molecule has 3 heterocycles. The Bertz CT molecular complexity index is 1080. The summed E-state index contributed by atoms with van der Waals surface area (Å²) in [6.07, 6.45) is -4.17. The lowest BCUT2D eigenvalue weighted by atomic mass is 9.81. The van der Waals surface area contributed by atoms with Crippen LogP contribution in [-0.2, 0) is 23.9 Å². The average Bonchev–Trinajstić information content (AvgIpc) is 3.08. The minimum absolute atomic E-state index is 0.0104. The van der Waals surface area contributed by atoms with Crippen molar-refractivity contribution in [2.24, 2.45) is 0 Å². The minimum Gasteiger partial charge on any atom is -0.386 e. The van der Waals surface area contributed by atoms with Gasteiger partial charge in [0, 0.05) is 43.4 Å². The lowest BCUT2D eigenvalue weighted by molar-refractivity contribution is -0.144. The van der Waals surface area contributed by atoms with E-state index >= 15 is 0 Å². The number of halogens is 5. The van der Waals surface area contributed by atoms with Crippen molar-refractivity contribution >= 4 is 5.91 Å². The first-order valence-electron chi connectivity index (χ1n) is 10.8. The molecular formula is C23H26F5N3O2. The number of carbonyl (C=O) groups is 1. The van der Waals surface area contributed by atoms with E-state index in [1.807, 2.05) is 4.90 Å². The van der Waals surface area contributed by atoms with E-state index in [2.05, 4.69) is 0 Å². The topological polar surface area (TPSA) is 48.7 Å². The number of likely N-dealkylation sites (tertiary alicyclic amines) is 1. The summed E-state index contributed by atoms with van der Waals surface area (Å²) in [4.78, 5) is 16.3. The van der Waals surface area contributed by atoms with Crippen LogP contribution in [0.3, 0.4) is 0 Å². The fourth-order valence-corrected chi connectivity index (χ4v) is 5.13. The zero-order valence-electron chi connectivity index (χ0n) is 18.6. The van der Waals surface area contributed by atoms with Crippen molar-refractivity contribution in [3.8, 4) is 0 Å². The summed E-state index contributed by atoms with van der Waals surface area (Å²) < 4.78 is 70.6. The van der Waals surface area contributed by atoms with Crippen LogP contribution in [0.2, 0.25) is 0 Å². The maximum absolute atomic E-state index is 14.8. The van der Waals surface area contributed by atoms with E-state index in [0.717, 1.165) is 10.6 Å². The lowest BCUT2D eigenvalue weighted by Gasteiger charge is -2.50. The summed E-state index contributed by atoms with van der Waals surface area (Å²) in [5.74, 6) is -2.01. The number of amides is 1. The monoisotopic (exact) mass is 471 g/mol. The van der Waals surface area contributed by atoms with Crippen molar-refractivity contribution in [1.82, 2.24) is 14.4 Å². The highest BCUT2D eigenvalue weighted by Gasteiger charge is 2.49. The van der Waals surface area contributed by atoms with E-state index in [-0.39, 0.29) is 49.3 Å². The second kappa shape index (κ2) is 7.80. The maximum atomic E-state index is 14.8. The van der Waals surface area contributed by atoms with Crippen LogP contribution >= 0.6 is 0 Å². The molecule has 1 fully saturated rings. The molecule has 1 aromatic heterocycles. The summed E-state index contributed by atoms with van der Waals surface area (Å²) in [5, 5.41) is 10.0. The molecule has 0 bridgehead atoms. The van der Waals surface area contributed by atoms with Crippen molar-refractivity contribution in [2.45, 2.75) is 50.6 Å². The van der Waals surface area contributed by atoms with Gasteiger partial charge in [-0.15, -0.1) is 0 Å². The predicted octanol–water partition coefficient (Wildman–Crippen LogP) is 4.09. The predicted molar refractivity (Wildman–Crippen MR) is 110 cm³/mol. The number of rotatable bonds is 2. The van der Waals surface area contributed by atoms with Crippen LogP contribution < -0.4 is 0 Å². The van der Waals surface area contributed by atoms with Gasteiger partial charge in [-0.25, -0.2) is 8.78 Å². The smallest absolute Gasteiger partial charge is 0.386 e. The number of aliphatic hydroxyl groups is 1. The minimum atomic E-state index is -4.66. The van der Waals surface area contributed by atoms with Gasteiger partial charge < -0.3 is 14.6 Å². The zero-order valence-corrected chi connectivity index (χ0v) is 18.6. The third kappa shape index (κ3) is 3.93. The van der Waals surface area contributed by atoms with Gasteiger partial charge in [0.1, 0.15) is 17.3 Å². The number of carbonyl (C=O) groups excluding carboxylic acids is 1. The van der Waals surface area contributed by atoms with Crippen LogP contribution in [0.15, 0.2) is 24.3 Å². The van der Waals surface area contributed by atoms with Gasteiger partial charge in [-0.2, -0.15) is 13.2 Å². The molecule has 4 rings (SSSR count). The lowest BCUT2D eigenvalue weighted by Crippen LogP contribution is -2.57. The summed E-state index contributed by atoms with van der Waals surface area (Å²) in [5.41, 5.74) is -3.17. The number of nitrogens with zero attached hydrogens (tertiary/aromatic N) is 3. The molecule has 0 saturated carbocycles. The summed E-state index contributed by atoms with van der Waals surface area (Å²) in [7, 11) is 1.76. The van der Waals surface area contributed by atoms with E-state index in [9.17, 15) is 31.9 Å². The molecule has 5 nitrogen and oxygen atoms in total. The number of fused-ring (bicyclic) bond motifs is 2. The Kier molecular flexibility index (Phi) is 5.60. The number of hydrogen-bond acceptors (Lipinski definition) is 3. The fourth-order valence-electron chi connectivity index (χ4n) is 5.13. The van der Waals surface area contributed by atoms with E-state index in [4.69, 9.17) is 0 Å². The Morgan fingerprint density at radius 3 is 2.18 bits per heavy atom. The number of benzene rings is 1. The third-order valence-electron chi connectivity index (χ3n) is 6.92. The van der Waals surface area contributed by atoms with Gasteiger partial charge in [-0.1, -0.05) is 6.07 Å². The van der Waals surface area contributed by atoms with Crippen molar-refractivity contribution in [3.63, 3.8) is 0 Å². The number of piperidine rings is 1. The van der Waals surface area contributed by atoms with Crippen molar-refractivity contribution in [2.75, 3.05) is 26.7 Å². The molecule has 0 aliphatic carbocycles. The molecule has 0 unspecified atom stereocenters. The van der Waals surface area contributed by atoms with Gasteiger partial charge in [-0.05, 0) is 45.9 Å². The first kappa shape index (κ1) is 23.7. The molecule has 1 spiro atoms. The van der Waals surface area contributed by atoms with Crippen LogP contribution in [0.25, 0.3) is 0 Å². The van der Waals surface area contributed by atoms with Crippen LogP contribution in [0, 0.1) is 11.6 Å². The van der Waals surface area contributed by atoms with Crippen LogP contribution in [0.5, 0.6) is 0 Å². The maximum Gasteiger partial charge on any atom is 0.431 e. The third-order valence-corrected chi connectivity index (χ3v) is 6.92. The number of likely N-dealkylation sites (N-methyl/N-ethyl adjacent to an activating group) is 1. The second-order valence-corrected chi connectivity index (χ2v) is 9.37. The first-order valence-corrected chi connectivity index (χ1v) is 10.8. The highest BCUT2D eigenvalue weighted by atomic mass is 19.4. The molecule has 1 aromatic carbocycles. The van der Waals surface area contributed by atoms with Crippen LogP contribution in [0.1, 0.15) is 54.0 Å². The molecule has 10 heteroatoms. The summed E-state index contributed by atoms with van der Waals surface area (Å²) in [6, 6.07) is 4.44.